The number of carbonyl (C=O) groups is 2. The summed E-state index contributed by atoms with van der Waals surface area (Å²) in [4.78, 5) is 27.6. The van der Waals surface area contributed by atoms with Gasteiger partial charge in [-0.25, -0.2) is 0 Å². The first-order chi connectivity index (χ1) is 15.1. The second-order valence-electron chi connectivity index (χ2n) is 6.92. The van der Waals surface area contributed by atoms with E-state index in [0.29, 0.717) is 35.1 Å². The number of para-hydroxylation sites is 1. The van der Waals surface area contributed by atoms with Crippen LogP contribution < -0.4 is 10.6 Å². The first-order valence-electron chi connectivity index (χ1n) is 9.79. The predicted molar refractivity (Wildman–Crippen MR) is 123 cm³/mol. The number of rotatable bonds is 8. The maximum Gasteiger partial charge on any atom is 0.286 e. The lowest BCUT2D eigenvalue weighted by atomic mass is 10.1. The van der Waals surface area contributed by atoms with Crippen molar-refractivity contribution >= 4 is 51.3 Å². The van der Waals surface area contributed by atoms with Crippen molar-refractivity contribution in [3.63, 3.8) is 0 Å². The lowest BCUT2D eigenvalue weighted by Gasteiger charge is -2.04. The normalized spacial score (nSPS) is 10.9. The van der Waals surface area contributed by atoms with Crippen molar-refractivity contribution in [3.8, 4) is 0 Å². The van der Waals surface area contributed by atoms with Crippen molar-refractivity contribution in [3.05, 3.63) is 75.3 Å². The Bertz CT molecular complexity index is 1210. The highest BCUT2D eigenvalue weighted by Crippen LogP contribution is 2.22. The Morgan fingerprint density at radius 3 is 2.74 bits per heavy atom. The SMILES string of the molecule is O=C(CCc1nnc(C(=O)Nc2ccccc2)s1)NCCc1c[nH]c2ccc(Cl)cc12. The zero-order valence-corrected chi connectivity index (χ0v) is 18.1. The van der Waals surface area contributed by atoms with Gasteiger partial charge in [-0.15, -0.1) is 10.2 Å². The molecule has 31 heavy (non-hydrogen) atoms. The second-order valence-corrected chi connectivity index (χ2v) is 8.42. The molecule has 0 aliphatic heterocycles. The van der Waals surface area contributed by atoms with Crippen LogP contribution in [0.4, 0.5) is 5.69 Å². The smallest absolute Gasteiger partial charge is 0.286 e. The molecule has 2 amide bonds. The molecule has 0 aliphatic carbocycles. The minimum atomic E-state index is -0.307. The Labute approximate surface area is 187 Å². The Morgan fingerprint density at radius 1 is 1.06 bits per heavy atom. The van der Waals surface area contributed by atoms with Crippen LogP contribution >= 0.6 is 22.9 Å². The number of carbonyl (C=O) groups excluding carboxylic acids is 2. The van der Waals surface area contributed by atoms with Gasteiger partial charge in [0.1, 0.15) is 5.01 Å². The fourth-order valence-corrected chi connectivity index (χ4v) is 4.06. The molecule has 3 N–H and O–H groups in total. The third-order valence-electron chi connectivity index (χ3n) is 4.70. The summed E-state index contributed by atoms with van der Waals surface area (Å²) in [6.45, 7) is 0.527. The highest BCUT2D eigenvalue weighted by Gasteiger charge is 2.14. The lowest BCUT2D eigenvalue weighted by Crippen LogP contribution is -2.25. The number of anilines is 1. The van der Waals surface area contributed by atoms with Gasteiger partial charge in [-0.2, -0.15) is 0 Å². The Morgan fingerprint density at radius 2 is 1.90 bits per heavy atom. The van der Waals surface area contributed by atoms with Crippen LogP contribution in [-0.4, -0.2) is 33.5 Å². The highest BCUT2D eigenvalue weighted by molar-refractivity contribution is 7.13. The summed E-state index contributed by atoms with van der Waals surface area (Å²) in [6.07, 6.45) is 3.37. The van der Waals surface area contributed by atoms with Gasteiger partial charge < -0.3 is 15.6 Å². The van der Waals surface area contributed by atoms with Crippen LogP contribution in [0.5, 0.6) is 0 Å². The van der Waals surface area contributed by atoms with Crippen LogP contribution in [0, 0.1) is 0 Å². The largest absolute Gasteiger partial charge is 0.361 e. The van der Waals surface area contributed by atoms with E-state index in [0.717, 1.165) is 16.5 Å². The van der Waals surface area contributed by atoms with Crippen LogP contribution in [0.15, 0.2) is 54.7 Å². The van der Waals surface area contributed by atoms with E-state index >= 15 is 0 Å². The summed E-state index contributed by atoms with van der Waals surface area (Å²) in [5.41, 5.74) is 2.83. The third kappa shape index (κ3) is 5.48. The molecule has 0 saturated carbocycles. The van der Waals surface area contributed by atoms with Crippen molar-refractivity contribution in [2.24, 2.45) is 0 Å². The monoisotopic (exact) mass is 453 g/mol. The number of nitrogens with zero attached hydrogens (tertiary/aromatic N) is 2. The maximum absolute atomic E-state index is 12.2. The summed E-state index contributed by atoms with van der Waals surface area (Å²) in [6, 6.07) is 14.9. The molecule has 0 aliphatic rings. The molecule has 4 aromatic rings. The van der Waals surface area contributed by atoms with E-state index in [4.69, 9.17) is 11.6 Å². The van der Waals surface area contributed by atoms with E-state index in [2.05, 4.69) is 25.8 Å². The van der Waals surface area contributed by atoms with Gasteiger partial charge in [0.2, 0.25) is 10.9 Å². The molecule has 158 valence electrons. The molecule has 2 aromatic heterocycles. The number of hydrogen-bond donors (Lipinski definition) is 3. The number of fused-ring (bicyclic) bond motifs is 1. The first-order valence-corrected chi connectivity index (χ1v) is 11.0. The van der Waals surface area contributed by atoms with E-state index in [9.17, 15) is 9.59 Å². The van der Waals surface area contributed by atoms with Gasteiger partial charge in [-0.05, 0) is 42.3 Å². The molecule has 4 rings (SSSR count). The van der Waals surface area contributed by atoms with Gasteiger partial charge in [0, 0.05) is 47.2 Å². The van der Waals surface area contributed by atoms with Gasteiger partial charge in [0.15, 0.2) is 0 Å². The van der Waals surface area contributed by atoms with Crippen LogP contribution in [-0.2, 0) is 17.6 Å². The number of amides is 2. The molecule has 9 heteroatoms. The van der Waals surface area contributed by atoms with Crippen LogP contribution in [0.2, 0.25) is 5.02 Å². The van der Waals surface area contributed by atoms with Crippen molar-refractivity contribution in [2.45, 2.75) is 19.3 Å². The molecule has 0 atom stereocenters. The van der Waals surface area contributed by atoms with E-state index in [1.807, 2.05) is 42.6 Å². The second kappa shape index (κ2) is 9.72. The predicted octanol–water partition coefficient (Wildman–Crippen LogP) is 4.22. The van der Waals surface area contributed by atoms with Gasteiger partial charge in [0.05, 0.1) is 0 Å². The molecule has 0 fully saturated rings. The van der Waals surface area contributed by atoms with Gasteiger partial charge >= 0.3 is 0 Å². The number of benzene rings is 2. The Kier molecular flexibility index (Phi) is 6.59. The molecule has 0 bridgehead atoms. The lowest BCUT2D eigenvalue weighted by molar-refractivity contribution is -0.121. The van der Waals surface area contributed by atoms with Crippen LogP contribution in [0.25, 0.3) is 10.9 Å². The summed E-state index contributed by atoms with van der Waals surface area (Å²) < 4.78 is 0. The summed E-state index contributed by atoms with van der Waals surface area (Å²) in [5.74, 6) is -0.374. The average molecular weight is 454 g/mol. The molecule has 7 nitrogen and oxygen atoms in total. The summed E-state index contributed by atoms with van der Waals surface area (Å²) >= 11 is 7.27. The molecule has 2 aromatic carbocycles. The zero-order chi connectivity index (χ0) is 21.6. The van der Waals surface area contributed by atoms with Gasteiger partial charge in [-0.1, -0.05) is 41.1 Å². The summed E-state index contributed by atoms with van der Waals surface area (Å²) in [7, 11) is 0. The first kappa shape index (κ1) is 21.0. The maximum atomic E-state index is 12.2. The summed E-state index contributed by atoms with van der Waals surface area (Å²) in [5, 5.41) is 16.3. The third-order valence-corrected chi connectivity index (χ3v) is 5.92. The van der Waals surface area contributed by atoms with Crippen LogP contribution in [0.3, 0.4) is 0 Å². The minimum Gasteiger partial charge on any atom is -0.361 e. The number of aromatic amines is 1. The van der Waals surface area contributed by atoms with Crippen molar-refractivity contribution in [1.82, 2.24) is 20.5 Å². The molecule has 0 spiro atoms. The molecule has 0 saturated heterocycles. The molecule has 0 radical (unpaired) electrons. The fourth-order valence-electron chi connectivity index (χ4n) is 3.16. The number of aryl methyl sites for hydroxylation is 1. The van der Waals surface area contributed by atoms with Crippen LogP contribution in [0.1, 0.15) is 26.8 Å². The van der Waals surface area contributed by atoms with E-state index in [1.54, 1.807) is 12.1 Å². The Balaban J connectivity index is 1.23. The van der Waals surface area contributed by atoms with Gasteiger partial charge in [-0.3, -0.25) is 9.59 Å². The van der Waals surface area contributed by atoms with Crippen molar-refractivity contribution in [2.75, 3.05) is 11.9 Å². The highest BCUT2D eigenvalue weighted by atomic mass is 35.5. The molecular formula is C22H20ClN5O2S. The quantitative estimate of drug-likeness (QED) is 0.372. The number of hydrogen-bond acceptors (Lipinski definition) is 5. The van der Waals surface area contributed by atoms with Crippen molar-refractivity contribution < 1.29 is 9.59 Å². The zero-order valence-electron chi connectivity index (χ0n) is 16.5. The van der Waals surface area contributed by atoms with Gasteiger partial charge in [0.25, 0.3) is 5.91 Å². The molecule has 0 unspecified atom stereocenters. The number of nitrogens with one attached hydrogen (secondary N) is 3. The number of H-pyrrole nitrogens is 1. The fraction of sp³-hybridized carbons (Fsp3) is 0.182. The topological polar surface area (TPSA) is 99.8 Å². The number of aromatic nitrogens is 3. The van der Waals surface area contributed by atoms with Crippen molar-refractivity contribution in [1.29, 1.82) is 0 Å². The van der Waals surface area contributed by atoms with E-state index < -0.39 is 0 Å². The van der Waals surface area contributed by atoms with E-state index in [-0.39, 0.29) is 23.2 Å². The standard InChI is InChI=1S/C22H20ClN5O2S/c23-15-6-7-18-17(12-15)14(13-25-18)10-11-24-19(29)8-9-20-27-28-22(31-20)21(30)26-16-4-2-1-3-5-16/h1-7,12-13,25H,8-11H2,(H,24,29)(H,26,30). The minimum absolute atomic E-state index is 0.0663. The average Bonchev–Trinajstić information content (AvgIpc) is 3.40. The molecular weight excluding hydrogens is 434 g/mol. The Hall–Kier alpha value is -3.23. The molecule has 2 heterocycles. The van der Waals surface area contributed by atoms with E-state index in [1.165, 1.54) is 11.3 Å². The number of halogens is 1.